The Balaban J connectivity index is 1.50. The van der Waals surface area contributed by atoms with Gasteiger partial charge in [-0.05, 0) is 44.4 Å². The molecule has 2 aromatic rings. The van der Waals surface area contributed by atoms with E-state index < -0.39 is 0 Å². The zero-order valence-electron chi connectivity index (χ0n) is 13.3. The second-order valence-electron chi connectivity index (χ2n) is 6.99. The van der Waals surface area contributed by atoms with Crippen molar-refractivity contribution < 1.29 is 4.74 Å². The normalized spacial score (nSPS) is 29.6. The van der Waals surface area contributed by atoms with Crippen molar-refractivity contribution in [3.05, 3.63) is 30.1 Å². The molecule has 118 valence electrons. The lowest BCUT2D eigenvalue weighted by atomic mass is 9.76. The summed E-state index contributed by atoms with van der Waals surface area (Å²) in [6.45, 7) is 3.25. The Kier molecular flexibility index (Phi) is 3.66. The summed E-state index contributed by atoms with van der Waals surface area (Å²) < 4.78 is 5.80. The van der Waals surface area contributed by atoms with E-state index in [2.05, 4.69) is 28.1 Å². The summed E-state index contributed by atoms with van der Waals surface area (Å²) in [5.74, 6) is 1.09. The summed E-state index contributed by atoms with van der Waals surface area (Å²) in [4.78, 5) is 10.8. The molecule has 1 N–H and O–H groups in total. The Morgan fingerprint density at radius 2 is 2.18 bits per heavy atom. The van der Waals surface area contributed by atoms with Gasteiger partial charge in [0.1, 0.15) is 5.82 Å². The maximum Gasteiger partial charge on any atom is 0.121 e. The van der Waals surface area contributed by atoms with Crippen LogP contribution < -0.4 is 0 Å². The first kappa shape index (κ1) is 14.2. The molecule has 1 aliphatic carbocycles. The lowest BCUT2D eigenvalue weighted by Crippen LogP contribution is -2.47. The number of aromatic amines is 1. The minimum Gasteiger partial charge on any atom is -0.381 e. The molecule has 2 aliphatic rings. The van der Waals surface area contributed by atoms with Crippen molar-refractivity contribution in [3.63, 3.8) is 0 Å². The number of fused-ring (bicyclic) bond motifs is 1. The first-order valence-corrected chi connectivity index (χ1v) is 8.48. The van der Waals surface area contributed by atoms with Crippen molar-refractivity contribution in [3.8, 4) is 0 Å². The minimum atomic E-state index is 0.388. The third-order valence-electron chi connectivity index (χ3n) is 5.61. The van der Waals surface area contributed by atoms with Crippen LogP contribution in [-0.2, 0) is 11.3 Å². The highest BCUT2D eigenvalue weighted by Gasteiger charge is 2.45. The second kappa shape index (κ2) is 5.67. The number of piperidine rings is 1. The van der Waals surface area contributed by atoms with Crippen LogP contribution in [0.5, 0.6) is 0 Å². The quantitative estimate of drug-likeness (QED) is 0.945. The van der Waals surface area contributed by atoms with E-state index in [4.69, 9.17) is 9.72 Å². The van der Waals surface area contributed by atoms with E-state index in [-0.39, 0.29) is 0 Å². The van der Waals surface area contributed by atoms with Crippen molar-refractivity contribution in [2.24, 2.45) is 5.41 Å². The van der Waals surface area contributed by atoms with Gasteiger partial charge >= 0.3 is 0 Å². The van der Waals surface area contributed by atoms with Gasteiger partial charge in [-0.1, -0.05) is 18.6 Å². The van der Waals surface area contributed by atoms with E-state index in [0.717, 1.165) is 29.9 Å². The van der Waals surface area contributed by atoms with Crippen LogP contribution in [0.2, 0.25) is 0 Å². The molecule has 1 saturated heterocycles. The first-order valence-electron chi connectivity index (χ1n) is 8.48. The van der Waals surface area contributed by atoms with Crippen LogP contribution in [0.3, 0.4) is 0 Å². The predicted molar refractivity (Wildman–Crippen MR) is 87.7 cm³/mol. The van der Waals surface area contributed by atoms with E-state index >= 15 is 0 Å². The summed E-state index contributed by atoms with van der Waals surface area (Å²) >= 11 is 0. The number of benzene rings is 1. The smallest absolute Gasteiger partial charge is 0.121 e. The van der Waals surface area contributed by atoms with Crippen LogP contribution in [0.1, 0.15) is 37.9 Å². The highest BCUT2D eigenvalue weighted by molar-refractivity contribution is 5.74. The number of imidazole rings is 1. The molecule has 1 aliphatic heterocycles. The summed E-state index contributed by atoms with van der Waals surface area (Å²) in [5.41, 5.74) is 2.60. The monoisotopic (exact) mass is 299 g/mol. The molecule has 1 aromatic carbocycles. The fraction of sp³-hybridized carbons (Fsp3) is 0.611. The average molecular weight is 299 g/mol. The Bertz CT molecular complexity index is 620. The zero-order valence-corrected chi connectivity index (χ0v) is 13.3. The largest absolute Gasteiger partial charge is 0.381 e. The molecule has 4 heteroatoms. The number of ether oxygens (including phenoxy) is 1. The fourth-order valence-electron chi connectivity index (χ4n) is 4.63. The van der Waals surface area contributed by atoms with Gasteiger partial charge in [0, 0.05) is 19.1 Å². The standard InChI is InChI=1S/C18H25N3O/c1-22-16-8-4-9-18(16)10-5-11-21(13-18)12-17-19-14-6-2-3-7-15(14)20-17/h2-3,6-7,16H,4-5,8-13H2,1H3,(H,19,20)/t16-,18-/m1/s1. The maximum absolute atomic E-state index is 5.80. The molecule has 4 nitrogen and oxygen atoms in total. The van der Waals surface area contributed by atoms with E-state index in [1.54, 1.807) is 0 Å². The molecule has 2 heterocycles. The zero-order chi connectivity index (χ0) is 15.0. The second-order valence-corrected chi connectivity index (χ2v) is 6.99. The fourth-order valence-corrected chi connectivity index (χ4v) is 4.63. The van der Waals surface area contributed by atoms with E-state index in [1.807, 2.05) is 13.2 Å². The number of para-hydroxylation sites is 2. The van der Waals surface area contributed by atoms with Crippen molar-refractivity contribution in [1.29, 1.82) is 0 Å². The maximum atomic E-state index is 5.80. The number of nitrogens with one attached hydrogen (secondary N) is 1. The van der Waals surface area contributed by atoms with Crippen molar-refractivity contribution >= 4 is 11.0 Å². The molecule has 2 atom stereocenters. The SMILES string of the molecule is CO[C@@H]1CCC[C@]12CCCN(Cc1nc3ccccc3[nH]1)C2. The van der Waals surface area contributed by atoms with Crippen LogP contribution in [0.25, 0.3) is 11.0 Å². The number of aromatic nitrogens is 2. The van der Waals surface area contributed by atoms with Gasteiger partial charge in [-0.3, -0.25) is 4.90 Å². The minimum absolute atomic E-state index is 0.388. The highest BCUT2D eigenvalue weighted by Crippen LogP contribution is 2.46. The molecule has 0 amide bonds. The van der Waals surface area contributed by atoms with Crippen LogP contribution in [0.15, 0.2) is 24.3 Å². The Labute approximate surface area is 131 Å². The number of likely N-dealkylation sites (tertiary alicyclic amines) is 1. The lowest BCUT2D eigenvalue weighted by Gasteiger charge is -2.43. The average Bonchev–Trinajstić information content (AvgIpc) is 3.10. The number of hydrogen-bond acceptors (Lipinski definition) is 3. The van der Waals surface area contributed by atoms with Crippen LogP contribution >= 0.6 is 0 Å². The summed E-state index contributed by atoms with van der Waals surface area (Å²) in [5, 5.41) is 0. The molecular formula is C18H25N3O. The van der Waals surface area contributed by atoms with Crippen molar-refractivity contribution in [2.45, 2.75) is 44.8 Å². The molecule has 1 aromatic heterocycles. The van der Waals surface area contributed by atoms with E-state index in [1.165, 1.54) is 38.6 Å². The molecule has 1 saturated carbocycles. The molecule has 0 unspecified atom stereocenters. The van der Waals surface area contributed by atoms with Gasteiger partial charge in [-0.15, -0.1) is 0 Å². The van der Waals surface area contributed by atoms with Gasteiger partial charge in [0.25, 0.3) is 0 Å². The number of methoxy groups -OCH3 is 1. The third-order valence-corrected chi connectivity index (χ3v) is 5.61. The number of rotatable bonds is 3. The Morgan fingerprint density at radius 3 is 3.05 bits per heavy atom. The summed E-state index contributed by atoms with van der Waals surface area (Å²) in [7, 11) is 1.88. The predicted octanol–water partition coefficient (Wildman–Crippen LogP) is 3.34. The number of H-pyrrole nitrogens is 1. The van der Waals surface area contributed by atoms with Crippen LogP contribution in [0.4, 0.5) is 0 Å². The van der Waals surface area contributed by atoms with Gasteiger partial charge in [-0.2, -0.15) is 0 Å². The van der Waals surface area contributed by atoms with Gasteiger partial charge in [0.15, 0.2) is 0 Å². The molecule has 0 bridgehead atoms. The third kappa shape index (κ3) is 2.44. The first-order chi connectivity index (χ1) is 10.8. The summed E-state index contributed by atoms with van der Waals surface area (Å²) in [6, 6.07) is 8.28. The number of hydrogen-bond donors (Lipinski definition) is 1. The molecule has 0 radical (unpaired) electrons. The van der Waals surface area contributed by atoms with Gasteiger partial charge in [-0.25, -0.2) is 4.98 Å². The number of nitrogens with zero attached hydrogens (tertiary/aromatic N) is 2. The van der Waals surface area contributed by atoms with Gasteiger partial charge in [0.2, 0.25) is 0 Å². The lowest BCUT2D eigenvalue weighted by molar-refractivity contribution is -0.0370. The van der Waals surface area contributed by atoms with Gasteiger partial charge < -0.3 is 9.72 Å². The van der Waals surface area contributed by atoms with Crippen LogP contribution in [0, 0.1) is 5.41 Å². The van der Waals surface area contributed by atoms with E-state index in [9.17, 15) is 0 Å². The molecule has 2 fully saturated rings. The van der Waals surface area contributed by atoms with Gasteiger partial charge in [0.05, 0.1) is 23.7 Å². The Hall–Kier alpha value is -1.39. The van der Waals surface area contributed by atoms with Crippen molar-refractivity contribution in [1.82, 2.24) is 14.9 Å². The highest BCUT2D eigenvalue weighted by atomic mass is 16.5. The molecular weight excluding hydrogens is 274 g/mol. The van der Waals surface area contributed by atoms with Crippen molar-refractivity contribution in [2.75, 3.05) is 20.2 Å². The van der Waals surface area contributed by atoms with Crippen LogP contribution in [-0.4, -0.2) is 41.2 Å². The molecule has 4 rings (SSSR count). The molecule has 22 heavy (non-hydrogen) atoms. The van der Waals surface area contributed by atoms with E-state index in [0.29, 0.717) is 11.5 Å². The Morgan fingerprint density at radius 1 is 1.32 bits per heavy atom. The summed E-state index contributed by atoms with van der Waals surface area (Å²) in [6.07, 6.45) is 6.92. The molecule has 1 spiro atoms. The topological polar surface area (TPSA) is 41.1 Å².